The molecule has 0 unspecified atom stereocenters. The minimum Gasteiger partial charge on any atom is -0.480 e. The summed E-state index contributed by atoms with van der Waals surface area (Å²) in [6, 6.07) is -0.990. The fraction of sp³-hybridized carbons (Fsp3) is 0.600. The molecule has 0 aromatic heterocycles. The average molecular weight is 241 g/mol. The lowest BCUT2D eigenvalue weighted by atomic mass is 10.6. The summed E-state index contributed by atoms with van der Waals surface area (Å²) in [5.74, 6) is -1.23. The molecule has 0 fully saturated rings. The number of rotatable bonds is 5. The largest absolute Gasteiger partial charge is 0.480 e. The molecule has 0 rings (SSSR count). The Morgan fingerprint density at radius 3 is 2.40 bits per heavy atom. The Kier molecular flexibility index (Phi) is 4.97. The Hall–Kier alpha value is -1.39. The highest BCUT2D eigenvalue weighted by Gasteiger charge is 2.15. The van der Waals surface area contributed by atoms with Crippen LogP contribution in [0, 0.1) is 0 Å². The van der Waals surface area contributed by atoms with Gasteiger partial charge >= 0.3 is 22.3 Å². The van der Waals surface area contributed by atoms with E-state index < -0.39 is 28.8 Å². The second kappa shape index (κ2) is 5.48. The number of aliphatic carboxylic acids is 1. The monoisotopic (exact) mass is 241 g/mol. The number of nitrogens with one attached hydrogen (secondary N) is 2. The molecule has 0 atom stereocenters. The first-order chi connectivity index (χ1) is 6.78. The average Bonchev–Trinajstić information content (AvgIpc) is 2.13. The Bertz CT molecular complexity index is 339. The van der Waals surface area contributed by atoms with E-state index in [0.717, 1.165) is 11.9 Å². The maximum atomic E-state index is 11.0. The Morgan fingerprint density at radius 2 is 2.00 bits per heavy atom. The predicted octanol–water partition coefficient (Wildman–Crippen LogP) is -1.89. The van der Waals surface area contributed by atoms with Crippen LogP contribution in [0.15, 0.2) is 0 Å². The van der Waals surface area contributed by atoms with Crippen LogP contribution in [-0.2, 0) is 19.4 Å². The van der Waals surface area contributed by atoms with Crippen LogP contribution < -0.4 is 10.2 Å². The summed E-state index contributed by atoms with van der Waals surface area (Å²) < 4.78 is 27.1. The van der Waals surface area contributed by atoms with Gasteiger partial charge in [0, 0.05) is 14.1 Å². The Labute approximate surface area is 86.2 Å². The van der Waals surface area contributed by atoms with Crippen molar-refractivity contribution < 1.29 is 27.4 Å². The van der Waals surface area contributed by atoms with Crippen LogP contribution in [0.25, 0.3) is 0 Å². The van der Waals surface area contributed by atoms with E-state index in [1.54, 1.807) is 10.2 Å². The molecule has 0 aliphatic heterocycles. The quantitative estimate of drug-likeness (QED) is 0.483. The maximum Gasteiger partial charge on any atom is 0.356 e. The number of hydroxylamine groups is 1. The number of urea groups is 1. The van der Waals surface area contributed by atoms with Crippen molar-refractivity contribution in [1.29, 1.82) is 0 Å². The van der Waals surface area contributed by atoms with Crippen LogP contribution in [0.1, 0.15) is 0 Å². The van der Waals surface area contributed by atoms with Crippen LogP contribution in [0.4, 0.5) is 4.79 Å². The lowest BCUT2D eigenvalue weighted by molar-refractivity contribution is -0.137. The number of carboxylic acid groups (broad SMARTS) is 1. The topological polar surface area (TPSA) is 125 Å². The van der Waals surface area contributed by atoms with E-state index in [0.29, 0.717) is 0 Å². The highest BCUT2D eigenvalue weighted by molar-refractivity contribution is 7.84. The van der Waals surface area contributed by atoms with E-state index in [9.17, 15) is 18.0 Å². The molecule has 0 radical (unpaired) electrons. The number of carboxylic acids is 1. The first kappa shape index (κ1) is 13.6. The van der Waals surface area contributed by atoms with Crippen molar-refractivity contribution in [3.8, 4) is 0 Å². The van der Waals surface area contributed by atoms with Crippen LogP contribution in [-0.4, -0.2) is 51.1 Å². The molecule has 0 spiro atoms. The summed E-state index contributed by atoms with van der Waals surface area (Å²) in [6.45, 7) is -0.575. The first-order valence-corrected chi connectivity index (χ1v) is 5.04. The third-order valence-corrected chi connectivity index (χ3v) is 2.01. The van der Waals surface area contributed by atoms with Gasteiger partial charge in [-0.15, -0.1) is 4.28 Å². The van der Waals surface area contributed by atoms with Crippen molar-refractivity contribution in [3.05, 3.63) is 0 Å². The van der Waals surface area contributed by atoms with Gasteiger partial charge in [0.2, 0.25) is 0 Å². The smallest absolute Gasteiger partial charge is 0.356 e. The van der Waals surface area contributed by atoms with Gasteiger partial charge in [-0.05, 0) is 0 Å². The number of hydrogen-bond acceptors (Lipinski definition) is 5. The SMILES string of the molecule is CNS(=O)(=O)ONC(=O)N(C)CC(=O)O. The second-order valence-electron chi connectivity index (χ2n) is 2.40. The number of carbonyl (C=O) groups is 2. The zero-order chi connectivity index (χ0) is 12.1. The van der Waals surface area contributed by atoms with Gasteiger partial charge in [-0.25, -0.2) is 4.79 Å². The fourth-order valence-corrected chi connectivity index (χ4v) is 0.749. The molecule has 0 saturated carbocycles. The van der Waals surface area contributed by atoms with Crippen LogP contribution >= 0.6 is 0 Å². The zero-order valence-electron chi connectivity index (χ0n) is 8.05. The maximum absolute atomic E-state index is 11.0. The van der Waals surface area contributed by atoms with Gasteiger partial charge in [0.1, 0.15) is 6.54 Å². The minimum absolute atomic E-state index is 0.575. The van der Waals surface area contributed by atoms with E-state index in [2.05, 4.69) is 4.28 Å². The van der Waals surface area contributed by atoms with Crippen molar-refractivity contribution in [2.24, 2.45) is 0 Å². The molecule has 3 N–H and O–H groups in total. The molecule has 0 aromatic carbocycles. The van der Waals surface area contributed by atoms with Gasteiger partial charge in [-0.2, -0.15) is 18.6 Å². The molecule has 0 saturated heterocycles. The molecule has 0 aliphatic carbocycles. The number of likely N-dealkylation sites (N-methyl/N-ethyl adjacent to an activating group) is 1. The molecular weight excluding hydrogens is 230 g/mol. The molecule has 2 amide bonds. The highest BCUT2D eigenvalue weighted by Crippen LogP contribution is 1.87. The summed E-state index contributed by atoms with van der Waals surface area (Å²) >= 11 is 0. The van der Waals surface area contributed by atoms with E-state index in [-0.39, 0.29) is 0 Å². The van der Waals surface area contributed by atoms with Crippen molar-refractivity contribution in [2.45, 2.75) is 0 Å². The van der Waals surface area contributed by atoms with Gasteiger partial charge < -0.3 is 10.0 Å². The molecule has 10 heteroatoms. The summed E-state index contributed by atoms with van der Waals surface area (Å²) in [4.78, 5) is 21.9. The first-order valence-electron chi connectivity index (χ1n) is 3.63. The minimum atomic E-state index is -4.03. The normalized spacial score (nSPS) is 10.8. The number of carbonyl (C=O) groups excluding carboxylic acids is 1. The fourth-order valence-electron chi connectivity index (χ4n) is 0.485. The van der Waals surface area contributed by atoms with Gasteiger partial charge in [0.25, 0.3) is 0 Å². The highest BCUT2D eigenvalue weighted by atomic mass is 32.2. The Balaban J connectivity index is 4.10. The molecule has 15 heavy (non-hydrogen) atoms. The predicted molar refractivity (Wildman–Crippen MR) is 47.9 cm³/mol. The van der Waals surface area contributed by atoms with E-state index >= 15 is 0 Å². The molecule has 0 aliphatic rings. The number of amides is 2. The van der Waals surface area contributed by atoms with Crippen LogP contribution in [0.3, 0.4) is 0 Å². The van der Waals surface area contributed by atoms with Crippen molar-refractivity contribution in [2.75, 3.05) is 20.6 Å². The molecule has 0 heterocycles. The summed E-state index contributed by atoms with van der Waals surface area (Å²) in [6.07, 6.45) is 0. The lowest BCUT2D eigenvalue weighted by Gasteiger charge is -2.14. The second-order valence-corrected chi connectivity index (χ2v) is 3.88. The van der Waals surface area contributed by atoms with E-state index in [4.69, 9.17) is 5.11 Å². The van der Waals surface area contributed by atoms with E-state index in [1.165, 1.54) is 7.05 Å². The number of hydrogen-bond donors (Lipinski definition) is 3. The van der Waals surface area contributed by atoms with Crippen LogP contribution in [0.5, 0.6) is 0 Å². The van der Waals surface area contributed by atoms with E-state index in [1.807, 2.05) is 0 Å². The third kappa shape index (κ3) is 5.83. The summed E-state index contributed by atoms with van der Waals surface area (Å²) in [5.41, 5.74) is 1.55. The molecule has 88 valence electrons. The summed E-state index contributed by atoms with van der Waals surface area (Å²) in [7, 11) is -1.78. The van der Waals surface area contributed by atoms with Crippen molar-refractivity contribution >= 4 is 22.3 Å². The molecule has 9 nitrogen and oxygen atoms in total. The van der Waals surface area contributed by atoms with Crippen molar-refractivity contribution in [3.63, 3.8) is 0 Å². The standard InChI is InChI=1S/C5H11N3O6S/c1-6-15(12,13)14-7-5(11)8(2)3-4(9)10/h6H,3H2,1-2H3,(H,7,11)(H,9,10). The lowest BCUT2D eigenvalue weighted by Crippen LogP contribution is -2.42. The third-order valence-electron chi connectivity index (χ3n) is 1.21. The van der Waals surface area contributed by atoms with Gasteiger partial charge in [-0.1, -0.05) is 0 Å². The number of nitrogens with zero attached hydrogens (tertiary/aromatic N) is 1. The molecule has 0 bridgehead atoms. The Morgan fingerprint density at radius 1 is 1.47 bits per heavy atom. The summed E-state index contributed by atoms with van der Waals surface area (Å²) in [5, 5.41) is 8.31. The van der Waals surface area contributed by atoms with Gasteiger partial charge in [-0.3, -0.25) is 4.79 Å². The molecular formula is C5H11N3O6S. The van der Waals surface area contributed by atoms with Crippen LogP contribution in [0.2, 0.25) is 0 Å². The van der Waals surface area contributed by atoms with Gasteiger partial charge in [0.15, 0.2) is 0 Å². The van der Waals surface area contributed by atoms with Crippen molar-refractivity contribution in [1.82, 2.24) is 15.1 Å². The molecule has 0 aromatic rings. The zero-order valence-corrected chi connectivity index (χ0v) is 8.87. The van der Waals surface area contributed by atoms with Gasteiger partial charge in [0.05, 0.1) is 0 Å².